The average molecular weight is 344 g/mol. The van der Waals surface area contributed by atoms with E-state index < -0.39 is 0 Å². The van der Waals surface area contributed by atoms with Crippen LogP contribution in [-0.4, -0.2) is 4.98 Å². The summed E-state index contributed by atoms with van der Waals surface area (Å²) in [5, 5.41) is 11.0. The number of hydrogen-bond donors (Lipinski definition) is 1. The van der Waals surface area contributed by atoms with E-state index in [1.54, 1.807) is 0 Å². The van der Waals surface area contributed by atoms with Crippen molar-refractivity contribution in [3.63, 3.8) is 0 Å². The van der Waals surface area contributed by atoms with Crippen LogP contribution in [0.4, 0.5) is 5.82 Å². The smallest absolute Gasteiger partial charge is 0.124 e. The van der Waals surface area contributed by atoms with Gasteiger partial charge in [-0.1, -0.05) is 72.8 Å². The molecule has 0 aliphatic carbocycles. The van der Waals surface area contributed by atoms with E-state index >= 15 is 0 Å². The Morgan fingerprint density at radius 3 is 1.81 bits per heavy atom. The molecule has 0 radical (unpaired) electrons. The predicted molar refractivity (Wildman–Crippen MR) is 116 cm³/mol. The number of benzene rings is 5. The van der Waals surface area contributed by atoms with E-state index in [0.29, 0.717) is 5.82 Å². The Bertz CT molecular complexity index is 1510. The molecule has 0 spiro atoms. The van der Waals surface area contributed by atoms with Gasteiger partial charge in [0.25, 0.3) is 0 Å². The summed E-state index contributed by atoms with van der Waals surface area (Å²) in [6.07, 6.45) is 0. The van der Waals surface area contributed by atoms with Gasteiger partial charge in [-0.05, 0) is 44.5 Å². The summed E-state index contributed by atoms with van der Waals surface area (Å²) in [6, 6.07) is 30.0. The van der Waals surface area contributed by atoms with Crippen molar-refractivity contribution in [3.05, 3.63) is 84.9 Å². The predicted octanol–water partition coefficient (Wildman–Crippen LogP) is 6.43. The number of fused-ring (bicyclic) bond motifs is 9. The Morgan fingerprint density at radius 1 is 0.481 bits per heavy atom. The molecule has 0 saturated heterocycles. The van der Waals surface area contributed by atoms with Crippen molar-refractivity contribution in [2.45, 2.75) is 0 Å². The van der Waals surface area contributed by atoms with Crippen molar-refractivity contribution in [2.75, 3.05) is 5.73 Å². The summed E-state index contributed by atoms with van der Waals surface area (Å²) >= 11 is 0. The highest BCUT2D eigenvalue weighted by Crippen LogP contribution is 2.38. The first-order valence-corrected chi connectivity index (χ1v) is 9.12. The summed E-state index contributed by atoms with van der Waals surface area (Å²) in [7, 11) is 0. The summed E-state index contributed by atoms with van der Waals surface area (Å²) in [5.74, 6) is 0.553. The fraction of sp³-hybridized carbons (Fsp3) is 0. The van der Waals surface area contributed by atoms with Crippen LogP contribution in [-0.2, 0) is 0 Å². The van der Waals surface area contributed by atoms with Crippen molar-refractivity contribution in [1.82, 2.24) is 4.98 Å². The minimum atomic E-state index is 0.553. The van der Waals surface area contributed by atoms with Crippen LogP contribution in [0.15, 0.2) is 84.9 Å². The van der Waals surface area contributed by atoms with E-state index in [4.69, 9.17) is 10.7 Å². The summed E-state index contributed by atoms with van der Waals surface area (Å²) in [4.78, 5) is 4.72. The minimum absolute atomic E-state index is 0.553. The minimum Gasteiger partial charge on any atom is -0.384 e. The molecule has 1 aromatic heterocycles. The van der Waals surface area contributed by atoms with Crippen LogP contribution in [0.3, 0.4) is 0 Å². The fourth-order valence-corrected chi connectivity index (χ4v) is 4.32. The number of rotatable bonds is 0. The van der Waals surface area contributed by atoms with Crippen LogP contribution in [0.25, 0.3) is 54.0 Å². The molecule has 6 rings (SSSR count). The highest BCUT2D eigenvalue weighted by molar-refractivity contribution is 6.31. The van der Waals surface area contributed by atoms with Gasteiger partial charge in [-0.15, -0.1) is 0 Å². The molecule has 0 unspecified atom stereocenters. The zero-order valence-electron chi connectivity index (χ0n) is 14.6. The van der Waals surface area contributed by atoms with Crippen molar-refractivity contribution < 1.29 is 0 Å². The number of nitrogen functional groups attached to an aromatic ring is 1. The van der Waals surface area contributed by atoms with Gasteiger partial charge in [-0.3, -0.25) is 0 Å². The molecule has 126 valence electrons. The van der Waals surface area contributed by atoms with Crippen molar-refractivity contribution in [1.29, 1.82) is 0 Å². The topological polar surface area (TPSA) is 38.9 Å². The van der Waals surface area contributed by atoms with E-state index in [1.165, 1.54) is 43.1 Å². The maximum Gasteiger partial charge on any atom is 0.124 e. The number of nitrogens with zero attached hydrogens (tertiary/aromatic N) is 1. The fourth-order valence-electron chi connectivity index (χ4n) is 4.32. The first-order valence-electron chi connectivity index (χ1n) is 9.12. The second kappa shape index (κ2) is 5.18. The van der Waals surface area contributed by atoms with E-state index in [2.05, 4.69) is 78.9 Å². The van der Waals surface area contributed by atoms with Gasteiger partial charge >= 0.3 is 0 Å². The molecular formula is C25H16N2. The lowest BCUT2D eigenvalue weighted by atomic mass is 9.92. The Labute approximate surface area is 155 Å². The molecule has 27 heavy (non-hydrogen) atoms. The molecule has 0 aliphatic heterocycles. The molecule has 0 bridgehead atoms. The molecule has 6 aromatic rings. The first kappa shape index (κ1) is 14.5. The standard InChI is InChI=1S/C25H16N2/c26-21-14-13-19-12-11-18-10-9-17-8-7-16-6-5-15-3-1-2-4-20(15)22(16)23(17)24(18)25(19)27-21/h1-14H,(H2,26,27). The van der Waals surface area contributed by atoms with Crippen LogP contribution in [0.2, 0.25) is 0 Å². The molecule has 5 aromatic carbocycles. The van der Waals surface area contributed by atoms with Crippen LogP contribution >= 0.6 is 0 Å². The lowest BCUT2D eigenvalue weighted by Crippen LogP contribution is -1.91. The van der Waals surface area contributed by atoms with Gasteiger partial charge in [-0.2, -0.15) is 0 Å². The van der Waals surface area contributed by atoms with Gasteiger partial charge in [0.2, 0.25) is 0 Å². The maximum absolute atomic E-state index is 6.05. The second-order valence-electron chi connectivity index (χ2n) is 7.09. The van der Waals surface area contributed by atoms with Gasteiger partial charge < -0.3 is 5.73 Å². The molecule has 0 aliphatic rings. The number of aromatic nitrogens is 1. The van der Waals surface area contributed by atoms with Gasteiger partial charge in [0.15, 0.2) is 0 Å². The monoisotopic (exact) mass is 344 g/mol. The molecule has 0 saturated carbocycles. The SMILES string of the molecule is Nc1ccc2ccc3ccc4ccc5ccc6ccccc6c5c4c3c2n1. The number of hydrogen-bond acceptors (Lipinski definition) is 2. The Hall–Kier alpha value is -3.65. The zero-order chi connectivity index (χ0) is 18.0. The quantitative estimate of drug-likeness (QED) is 0.322. The van der Waals surface area contributed by atoms with Crippen molar-refractivity contribution in [2.24, 2.45) is 0 Å². The first-order chi connectivity index (χ1) is 13.3. The summed E-state index contributed by atoms with van der Waals surface area (Å²) in [5.41, 5.74) is 7.02. The molecular weight excluding hydrogens is 328 g/mol. The Morgan fingerprint density at radius 2 is 1.04 bits per heavy atom. The number of anilines is 1. The van der Waals surface area contributed by atoms with E-state index in [0.717, 1.165) is 10.9 Å². The Kier molecular flexibility index (Phi) is 2.78. The molecule has 2 heteroatoms. The van der Waals surface area contributed by atoms with E-state index in [9.17, 15) is 0 Å². The molecule has 0 atom stereocenters. The summed E-state index contributed by atoms with van der Waals surface area (Å²) < 4.78 is 0. The lowest BCUT2D eigenvalue weighted by molar-refractivity contribution is 1.43. The van der Waals surface area contributed by atoms with Crippen LogP contribution in [0, 0.1) is 0 Å². The Balaban J connectivity index is 2.02. The normalized spacial score (nSPS) is 11.9. The van der Waals surface area contributed by atoms with Crippen LogP contribution < -0.4 is 5.73 Å². The summed E-state index contributed by atoms with van der Waals surface area (Å²) in [6.45, 7) is 0. The third kappa shape index (κ3) is 1.98. The highest BCUT2D eigenvalue weighted by atomic mass is 14.8. The van der Waals surface area contributed by atoms with Crippen molar-refractivity contribution >= 4 is 59.8 Å². The maximum atomic E-state index is 6.05. The third-order valence-electron chi connectivity index (χ3n) is 5.55. The van der Waals surface area contributed by atoms with Gasteiger partial charge in [0.05, 0.1) is 5.52 Å². The van der Waals surface area contributed by atoms with Gasteiger partial charge in [-0.25, -0.2) is 4.98 Å². The molecule has 2 nitrogen and oxygen atoms in total. The van der Waals surface area contributed by atoms with Crippen LogP contribution in [0.5, 0.6) is 0 Å². The molecule has 2 N–H and O–H groups in total. The highest BCUT2D eigenvalue weighted by Gasteiger charge is 2.12. The largest absolute Gasteiger partial charge is 0.384 e. The van der Waals surface area contributed by atoms with Crippen LogP contribution in [0.1, 0.15) is 0 Å². The van der Waals surface area contributed by atoms with E-state index in [1.807, 2.05) is 6.07 Å². The second-order valence-corrected chi connectivity index (χ2v) is 7.09. The van der Waals surface area contributed by atoms with E-state index in [-0.39, 0.29) is 0 Å². The number of pyridine rings is 1. The molecule has 1 heterocycles. The molecule has 0 amide bonds. The zero-order valence-corrected chi connectivity index (χ0v) is 14.6. The third-order valence-corrected chi connectivity index (χ3v) is 5.55. The molecule has 0 fully saturated rings. The van der Waals surface area contributed by atoms with Gasteiger partial charge in [0, 0.05) is 16.2 Å². The van der Waals surface area contributed by atoms with Crippen molar-refractivity contribution in [3.8, 4) is 0 Å². The number of nitrogens with two attached hydrogens (primary N) is 1. The lowest BCUT2D eigenvalue weighted by Gasteiger charge is -2.12. The average Bonchev–Trinajstić information content (AvgIpc) is 2.72. The van der Waals surface area contributed by atoms with Gasteiger partial charge in [0.1, 0.15) is 5.82 Å².